The highest BCUT2D eigenvalue weighted by atomic mass is 35.5. The second kappa shape index (κ2) is 6.31. The van der Waals surface area contributed by atoms with Crippen LogP contribution in [0.25, 0.3) is 22.6 Å². The van der Waals surface area contributed by atoms with E-state index in [9.17, 15) is 4.79 Å². The molecule has 0 aliphatic rings. The number of benzene rings is 1. The molecule has 7 heteroatoms. The van der Waals surface area contributed by atoms with E-state index in [4.69, 9.17) is 20.5 Å². The molecule has 4 rings (SSSR count). The smallest absolute Gasteiger partial charge is 0.259 e. The van der Waals surface area contributed by atoms with Gasteiger partial charge in [-0.25, -0.2) is 4.98 Å². The van der Waals surface area contributed by atoms with Crippen LogP contribution in [0.15, 0.2) is 51.6 Å². The summed E-state index contributed by atoms with van der Waals surface area (Å²) in [6.45, 7) is 3.65. The van der Waals surface area contributed by atoms with Gasteiger partial charge >= 0.3 is 0 Å². The summed E-state index contributed by atoms with van der Waals surface area (Å²) in [6.07, 6.45) is 1.55. The van der Waals surface area contributed by atoms with Gasteiger partial charge in [0.15, 0.2) is 5.76 Å². The molecule has 26 heavy (non-hydrogen) atoms. The maximum Gasteiger partial charge on any atom is 0.259 e. The number of carbonyl (C=O) groups excluding carboxylic acids is 1. The minimum absolute atomic E-state index is 0.286. The maximum atomic E-state index is 13.0. The first-order valence-electron chi connectivity index (χ1n) is 7.91. The third-order valence-corrected chi connectivity index (χ3v) is 4.31. The zero-order valence-corrected chi connectivity index (χ0v) is 14.8. The van der Waals surface area contributed by atoms with Gasteiger partial charge in [0, 0.05) is 10.7 Å². The van der Waals surface area contributed by atoms with Crippen LogP contribution in [0.5, 0.6) is 0 Å². The van der Waals surface area contributed by atoms with E-state index in [0.717, 1.165) is 5.56 Å². The molecule has 0 aliphatic heterocycles. The van der Waals surface area contributed by atoms with Crippen LogP contribution >= 0.6 is 11.6 Å². The van der Waals surface area contributed by atoms with Crippen molar-refractivity contribution < 1.29 is 13.7 Å². The molecule has 0 radical (unpaired) electrons. The zero-order valence-electron chi connectivity index (χ0n) is 14.0. The van der Waals surface area contributed by atoms with Crippen LogP contribution < -0.4 is 5.32 Å². The van der Waals surface area contributed by atoms with E-state index >= 15 is 0 Å². The van der Waals surface area contributed by atoms with Gasteiger partial charge in [-0.3, -0.25) is 4.79 Å². The number of halogens is 1. The monoisotopic (exact) mass is 367 g/mol. The molecule has 1 aromatic carbocycles. The van der Waals surface area contributed by atoms with E-state index in [2.05, 4.69) is 15.5 Å². The van der Waals surface area contributed by atoms with Crippen molar-refractivity contribution in [1.82, 2.24) is 10.1 Å². The molecule has 130 valence electrons. The Morgan fingerprint density at radius 2 is 2.04 bits per heavy atom. The van der Waals surface area contributed by atoms with Gasteiger partial charge < -0.3 is 14.3 Å². The number of rotatable bonds is 3. The standard InChI is InChI=1S/C19H14ClN3O3/c1-10-8-12(20)5-6-14(10)21-18(24)13-9-15(16-4-3-7-25-16)22-19-17(13)11(2)23-26-19/h3-9H,1-2H3,(H,21,24). The summed E-state index contributed by atoms with van der Waals surface area (Å²) in [4.78, 5) is 17.4. The first-order valence-corrected chi connectivity index (χ1v) is 8.29. The van der Waals surface area contributed by atoms with Crippen molar-refractivity contribution in [3.05, 3.63) is 64.5 Å². The number of furan rings is 1. The number of nitrogens with one attached hydrogen (secondary N) is 1. The van der Waals surface area contributed by atoms with Crippen LogP contribution in [0.1, 0.15) is 21.6 Å². The summed E-state index contributed by atoms with van der Waals surface area (Å²) in [6, 6.07) is 10.5. The van der Waals surface area contributed by atoms with Gasteiger partial charge in [-0.05, 0) is 55.8 Å². The lowest BCUT2D eigenvalue weighted by Gasteiger charge is -2.10. The predicted octanol–water partition coefficient (Wildman–Crippen LogP) is 5.01. The molecule has 1 amide bonds. The number of fused-ring (bicyclic) bond motifs is 1. The summed E-state index contributed by atoms with van der Waals surface area (Å²) >= 11 is 5.98. The lowest BCUT2D eigenvalue weighted by Crippen LogP contribution is -2.14. The molecule has 3 heterocycles. The van der Waals surface area contributed by atoms with Gasteiger partial charge in [-0.15, -0.1) is 0 Å². The van der Waals surface area contributed by atoms with E-state index in [0.29, 0.717) is 38.8 Å². The van der Waals surface area contributed by atoms with Gasteiger partial charge in [0.2, 0.25) is 0 Å². The number of aromatic nitrogens is 2. The average Bonchev–Trinajstić information content (AvgIpc) is 3.27. The number of amides is 1. The summed E-state index contributed by atoms with van der Waals surface area (Å²) in [5.41, 5.74) is 3.33. The summed E-state index contributed by atoms with van der Waals surface area (Å²) in [5.74, 6) is 0.250. The number of carbonyl (C=O) groups is 1. The lowest BCUT2D eigenvalue weighted by atomic mass is 10.1. The van der Waals surface area contributed by atoms with Gasteiger partial charge in [-0.1, -0.05) is 16.8 Å². The molecule has 4 aromatic rings. The first kappa shape index (κ1) is 16.4. The zero-order chi connectivity index (χ0) is 18.3. The fourth-order valence-electron chi connectivity index (χ4n) is 2.78. The second-order valence-corrected chi connectivity index (χ2v) is 6.33. The third kappa shape index (κ3) is 2.84. The molecule has 1 N–H and O–H groups in total. The van der Waals surface area contributed by atoms with E-state index < -0.39 is 0 Å². The number of anilines is 1. The van der Waals surface area contributed by atoms with Crippen LogP contribution in [0.3, 0.4) is 0 Å². The minimum Gasteiger partial charge on any atom is -0.463 e. The van der Waals surface area contributed by atoms with E-state index in [1.807, 2.05) is 6.92 Å². The highest BCUT2D eigenvalue weighted by molar-refractivity contribution is 6.30. The Morgan fingerprint density at radius 1 is 1.19 bits per heavy atom. The van der Waals surface area contributed by atoms with Crippen molar-refractivity contribution in [2.75, 3.05) is 5.32 Å². The van der Waals surface area contributed by atoms with Crippen molar-refractivity contribution in [3.8, 4) is 11.5 Å². The summed E-state index contributed by atoms with van der Waals surface area (Å²) in [5, 5.41) is 8.03. The van der Waals surface area contributed by atoms with Crippen LogP contribution in [0.4, 0.5) is 5.69 Å². The highest BCUT2D eigenvalue weighted by Crippen LogP contribution is 2.28. The maximum absolute atomic E-state index is 13.0. The molecule has 0 saturated carbocycles. The quantitative estimate of drug-likeness (QED) is 0.550. The van der Waals surface area contributed by atoms with Crippen molar-refractivity contribution in [2.24, 2.45) is 0 Å². The predicted molar refractivity (Wildman–Crippen MR) is 98.4 cm³/mol. The molecule has 6 nitrogen and oxygen atoms in total. The van der Waals surface area contributed by atoms with Gasteiger partial charge in [0.05, 0.1) is 22.9 Å². The average molecular weight is 368 g/mol. The molecule has 0 bridgehead atoms. The van der Waals surface area contributed by atoms with Crippen LogP contribution in [0.2, 0.25) is 5.02 Å². The van der Waals surface area contributed by atoms with Gasteiger partial charge in [-0.2, -0.15) is 0 Å². The Kier molecular flexibility index (Phi) is 3.97. The SMILES string of the molecule is Cc1cc(Cl)ccc1NC(=O)c1cc(-c2ccco2)nc2onc(C)c12. The Labute approximate surface area is 153 Å². The second-order valence-electron chi connectivity index (χ2n) is 5.89. The summed E-state index contributed by atoms with van der Waals surface area (Å²) in [7, 11) is 0. The molecule has 3 aromatic heterocycles. The molecule has 0 unspecified atom stereocenters. The van der Waals surface area contributed by atoms with Crippen LogP contribution in [-0.4, -0.2) is 16.0 Å². The fraction of sp³-hybridized carbons (Fsp3) is 0.105. The molecular formula is C19H14ClN3O3. The number of nitrogens with zero attached hydrogens (tertiary/aromatic N) is 2. The third-order valence-electron chi connectivity index (χ3n) is 4.07. The number of aryl methyl sites for hydroxylation is 2. The molecule has 0 atom stereocenters. The Bertz CT molecular complexity index is 1120. The first-order chi connectivity index (χ1) is 12.5. The molecule has 0 aliphatic carbocycles. The van der Waals surface area contributed by atoms with Crippen molar-refractivity contribution in [3.63, 3.8) is 0 Å². The minimum atomic E-state index is -0.290. The van der Waals surface area contributed by atoms with E-state index in [1.54, 1.807) is 49.6 Å². The Balaban J connectivity index is 1.81. The number of hydrogen-bond donors (Lipinski definition) is 1. The van der Waals surface area contributed by atoms with Gasteiger partial charge in [0.25, 0.3) is 11.6 Å². The van der Waals surface area contributed by atoms with E-state index in [1.165, 1.54) is 0 Å². The number of hydrogen-bond acceptors (Lipinski definition) is 5. The highest BCUT2D eigenvalue weighted by Gasteiger charge is 2.20. The summed E-state index contributed by atoms with van der Waals surface area (Å²) < 4.78 is 10.7. The number of pyridine rings is 1. The Hall–Kier alpha value is -3.12. The van der Waals surface area contributed by atoms with Crippen molar-refractivity contribution in [1.29, 1.82) is 0 Å². The normalized spacial score (nSPS) is 11.0. The van der Waals surface area contributed by atoms with Gasteiger partial charge in [0.1, 0.15) is 5.69 Å². The van der Waals surface area contributed by atoms with Crippen molar-refractivity contribution in [2.45, 2.75) is 13.8 Å². The Morgan fingerprint density at radius 3 is 2.77 bits per heavy atom. The molecule has 0 spiro atoms. The van der Waals surface area contributed by atoms with Crippen LogP contribution in [0, 0.1) is 13.8 Å². The van der Waals surface area contributed by atoms with E-state index in [-0.39, 0.29) is 11.6 Å². The lowest BCUT2D eigenvalue weighted by molar-refractivity contribution is 0.102. The molecule has 0 fully saturated rings. The van der Waals surface area contributed by atoms with Crippen LogP contribution in [-0.2, 0) is 0 Å². The van der Waals surface area contributed by atoms with Crippen molar-refractivity contribution >= 4 is 34.3 Å². The molecule has 0 saturated heterocycles. The topological polar surface area (TPSA) is 81.2 Å². The molecular weight excluding hydrogens is 354 g/mol. The fourth-order valence-corrected chi connectivity index (χ4v) is 3.01. The largest absolute Gasteiger partial charge is 0.463 e.